The SMILES string of the molecule is CC[N+]1(C)CCC(=O)CC1.CC[N+]1(C)CCC(O)(O)CC1. The molecule has 0 aromatic carbocycles. The van der Waals surface area contributed by atoms with E-state index in [0.717, 1.165) is 61.1 Å². The second-order valence-corrected chi connectivity index (χ2v) is 7.29. The maximum Gasteiger partial charge on any atom is 0.173 e. The van der Waals surface area contributed by atoms with Gasteiger partial charge in [0.15, 0.2) is 5.79 Å². The average Bonchev–Trinajstić information content (AvgIpc) is 2.47. The minimum absolute atomic E-state index is 0.448. The monoisotopic (exact) mass is 302 g/mol. The number of carbonyl (C=O) groups is 1. The number of nitrogens with zero attached hydrogens (tertiary/aromatic N) is 2. The Kier molecular flexibility index (Phi) is 6.35. The molecule has 2 aliphatic heterocycles. The van der Waals surface area contributed by atoms with Gasteiger partial charge in [0, 0.05) is 0 Å². The van der Waals surface area contributed by atoms with Crippen molar-refractivity contribution in [1.82, 2.24) is 0 Å². The molecule has 0 saturated carbocycles. The van der Waals surface area contributed by atoms with Crippen LogP contribution in [0.15, 0.2) is 0 Å². The topological polar surface area (TPSA) is 57.5 Å². The Labute approximate surface area is 129 Å². The Balaban J connectivity index is 0.000000211. The normalized spacial score (nSPS) is 26.7. The largest absolute Gasteiger partial charge is 0.365 e. The fourth-order valence-electron chi connectivity index (χ4n) is 2.79. The number of hydrogen-bond donors (Lipinski definition) is 2. The molecular weight excluding hydrogens is 268 g/mol. The highest BCUT2D eigenvalue weighted by Crippen LogP contribution is 2.22. The summed E-state index contributed by atoms with van der Waals surface area (Å²) >= 11 is 0. The van der Waals surface area contributed by atoms with Crippen LogP contribution < -0.4 is 0 Å². The van der Waals surface area contributed by atoms with Crippen LogP contribution in [0.1, 0.15) is 39.5 Å². The van der Waals surface area contributed by atoms with Gasteiger partial charge in [0.1, 0.15) is 5.78 Å². The van der Waals surface area contributed by atoms with Crippen LogP contribution in [0.25, 0.3) is 0 Å². The maximum absolute atomic E-state index is 10.9. The molecule has 2 heterocycles. The van der Waals surface area contributed by atoms with Crippen LogP contribution >= 0.6 is 0 Å². The third-order valence-electron chi connectivity index (χ3n) is 5.49. The van der Waals surface area contributed by atoms with E-state index >= 15 is 0 Å². The third kappa shape index (κ3) is 6.02. The fourth-order valence-corrected chi connectivity index (χ4v) is 2.79. The zero-order chi connectivity index (χ0) is 16.1. The number of ketones is 1. The highest BCUT2D eigenvalue weighted by molar-refractivity contribution is 5.78. The number of hydrogen-bond acceptors (Lipinski definition) is 3. The van der Waals surface area contributed by atoms with Gasteiger partial charge in [-0.3, -0.25) is 4.79 Å². The van der Waals surface area contributed by atoms with Gasteiger partial charge in [-0.1, -0.05) is 0 Å². The lowest BCUT2D eigenvalue weighted by atomic mass is 10.0. The molecule has 2 fully saturated rings. The summed E-state index contributed by atoms with van der Waals surface area (Å²) < 4.78 is 2.06. The number of aliphatic hydroxyl groups is 2. The van der Waals surface area contributed by atoms with Crippen molar-refractivity contribution in [2.75, 3.05) is 53.4 Å². The zero-order valence-corrected chi connectivity index (χ0v) is 14.3. The molecule has 0 aromatic heterocycles. The number of quaternary nitrogens is 2. The van der Waals surface area contributed by atoms with Crippen molar-refractivity contribution in [1.29, 1.82) is 0 Å². The molecule has 5 nitrogen and oxygen atoms in total. The Morgan fingerprint density at radius 3 is 1.67 bits per heavy atom. The molecule has 0 unspecified atom stereocenters. The summed E-state index contributed by atoms with van der Waals surface area (Å²) in [6.07, 6.45) is 2.61. The first-order chi connectivity index (χ1) is 9.64. The van der Waals surface area contributed by atoms with E-state index in [-0.39, 0.29) is 0 Å². The van der Waals surface area contributed by atoms with Crippen molar-refractivity contribution < 1.29 is 24.0 Å². The highest BCUT2D eigenvalue weighted by Gasteiger charge is 2.36. The van der Waals surface area contributed by atoms with Crippen molar-refractivity contribution in [3.05, 3.63) is 0 Å². The predicted octanol–water partition coefficient (Wildman–Crippen LogP) is 0.743. The first kappa shape index (κ1) is 18.6. The standard InChI is InChI=1S/C8H18NO2.C8H16NO/c1-3-9(2)6-4-8(10,11)5-7-9;1-3-9(2)6-4-8(10)5-7-9/h10-11H,3-7H2,1-2H3;3-7H2,1-2H3/q2*+1. The quantitative estimate of drug-likeness (QED) is 0.584. The zero-order valence-electron chi connectivity index (χ0n) is 14.3. The van der Waals surface area contributed by atoms with E-state index in [2.05, 4.69) is 27.9 Å². The van der Waals surface area contributed by atoms with Crippen LogP contribution in [0, 0.1) is 0 Å². The molecule has 0 aliphatic carbocycles. The van der Waals surface area contributed by atoms with Crippen LogP contribution in [0.4, 0.5) is 0 Å². The molecule has 0 aromatic rings. The van der Waals surface area contributed by atoms with E-state index in [9.17, 15) is 15.0 Å². The van der Waals surface area contributed by atoms with E-state index < -0.39 is 5.79 Å². The van der Waals surface area contributed by atoms with Gasteiger partial charge in [0.2, 0.25) is 0 Å². The van der Waals surface area contributed by atoms with Crippen LogP contribution in [-0.2, 0) is 4.79 Å². The fraction of sp³-hybridized carbons (Fsp3) is 0.938. The Morgan fingerprint density at radius 1 is 0.905 bits per heavy atom. The number of Topliss-reactive ketones (excluding diaryl/α,β-unsaturated/α-hetero) is 1. The van der Waals surface area contributed by atoms with Crippen molar-refractivity contribution in [3.63, 3.8) is 0 Å². The van der Waals surface area contributed by atoms with Gasteiger partial charge in [0.05, 0.1) is 79.0 Å². The summed E-state index contributed by atoms with van der Waals surface area (Å²) in [6, 6.07) is 0. The molecule has 2 rings (SSSR count). The molecular formula is C16H34N2O3+2. The smallest absolute Gasteiger partial charge is 0.173 e. The minimum atomic E-state index is -1.38. The molecule has 0 radical (unpaired) electrons. The van der Waals surface area contributed by atoms with Gasteiger partial charge in [0.25, 0.3) is 0 Å². The van der Waals surface area contributed by atoms with E-state index in [1.54, 1.807) is 0 Å². The summed E-state index contributed by atoms with van der Waals surface area (Å²) in [5, 5.41) is 18.5. The van der Waals surface area contributed by atoms with Crippen LogP contribution in [-0.4, -0.2) is 84.1 Å². The molecule has 0 atom stereocenters. The second-order valence-electron chi connectivity index (χ2n) is 7.29. The van der Waals surface area contributed by atoms with Crippen LogP contribution in [0.3, 0.4) is 0 Å². The van der Waals surface area contributed by atoms with Gasteiger partial charge in [-0.2, -0.15) is 0 Å². The molecule has 0 bridgehead atoms. The Hall–Kier alpha value is -0.490. The van der Waals surface area contributed by atoms with E-state index in [4.69, 9.17) is 0 Å². The molecule has 21 heavy (non-hydrogen) atoms. The summed E-state index contributed by atoms with van der Waals surface area (Å²) in [4.78, 5) is 10.9. The molecule has 2 aliphatic rings. The van der Waals surface area contributed by atoms with Gasteiger partial charge in [-0.05, 0) is 13.8 Å². The van der Waals surface area contributed by atoms with Gasteiger partial charge >= 0.3 is 0 Å². The molecule has 0 amide bonds. The number of piperidine rings is 2. The predicted molar refractivity (Wildman–Crippen MR) is 83.6 cm³/mol. The van der Waals surface area contributed by atoms with E-state index in [1.807, 2.05) is 0 Å². The lowest BCUT2D eigenvalue weighted by molar-refractivity contribution is -0.916. The van der Waals surface area contributed by atoms with Crippen molar-refractivity contribution in [3.8, 4) is 0 Å². The van der Waals surface area contributed by atoms with E-state index in [1.165, 1.54) is 0 Å². The van der Waals surface area contributed by atoms with Gasteiger partial charge < -0.3 is 19.2 Å². The lowest BCUT2D eigenvalue weighted by Crippen LogP contribution is -2.54. The third-order valence-corrected chi connectivity index (χ3v) is 5.49. The van der Waals surface area contributed by atoms with Crippen LogP contribution in [0.2, 0.25) is 0 Å². The van der Waals surface area contributed by atoms with Crippen molar-refractivity contribution in [2.24, 2.45) is 0 Å². The highest BCUT2D eigenvalue weighted by atomic mass is 16.5. The summed E-state index contributed by atoms with van der Waals surface area (Å²) in [5.41, 5.74) is 0. The van der Waals surface area contributed by atoms with Gasteiger partial charge in [-0.25, -0.2) is 0 Å². The lowest BCUT2D eigenvalue weighted by Gasteiger charge is -2.41. The first-order valence-corrected chi connectivity index (χ1v) is 8.27. The Bertz CT molecular complexity index is 335. The first-order valence-electron chi connectivity index (χ1n) is 8.27. The molecule has 5 heteroatoms. The number of carbonyl (C=O) groups excluding carboxylic acids is 1. The minimum Gasteiger partial charge on any atom is -0.365 e. The van der Waals surface area contributed by atoms with Gasteiger partial charge in [-0.15, -0.1) is 0 Å². The number of rotatable bonds is 2. The molecule has 2 saturated heterocycles. The summed E-state index contributed by atoms with van der Waals surface area (Å²) in [7, 11) is 4.39. The molecule has 2 N–H and O–H groups in total. The molecule has 0 spiro atoms. The van der Waals surface area contributed by atoms with Crippen molar-refractivity contribution >= 4 is 5.78 Å². The summed E-state index contributed by atoms with van der Waals surface area (Å²) in [6.45, 7) is 10.4. The second kappa shape index (κ2) is 7.18. The van der Waals surface area contributed by atoms with E-state index in [0.29, 0.717) is 18.6 Å². The molecule has 124 valence electrons. The van der Waals surface area contributed by atoms with Crippen LogP contribution in [0.5, 0.6) is 0 Å². The maximum atomic E-state index is 10.9. The summed E-state index contributed by atoms with van der Waals surface area (Å²) in [5.74, 6) is -0.934. The Morgan fingerprint density at radius 2 is 1.29 bits per heavy atom. The van der Waals surface area contributed by atoms with Crippen molar-refractivity contribution in [2.45, 2.75) is 45.3 Å². The number of likely N-dealkylation sites (tertiary alicyclic amines) is 2. The average molecular weight is 302 g/mol.